The molecule has 0 radical (unpaired) electrons. The highest BCUT2D eigenvalue weighted by Gasteiger charge is 2.19. The van der Waals surface area contributed by atoms with E-state index in [1.165, 1.54) is 161 Å². The van der Waals surface area contributed by atoms with Gasteiger partial charge in [0.2, 0.25) is 0 Å². The average Bonchev–Trinajstić information content (AvgIpc) is 3.46. The number of hydrogen-bond donors (Lipinski definition) is 0. The van der Waals surface area contributed by atoms with Crippen molar-refractivity contribution in [1.82, 2.24) is 0 Å². The summed E-state index contributed by atoms with van der Waals surface area (Å²) in [7, 11) is 0. The van der Waals surface area contributed by atoms with Gasteiger partial charge in [-0.15, -0.1) is 0 Å². The maximum absolute atomic E-state index is 12.9. The summed E-state index contributed by atoms with van der Waals surface area (Å²) in [6, 6.07) is 0. The Kier molecular flexibility index (Phi) is 64.3. The van der Waals surface area contributed by atoms with Crippen molar-refractivity contribution < 1.29 is 28.6 Å². The van der Waals surface area contributed by atoms with Crippen molar-refractivity contribution in [2.24, 2.45) is 0 Å². The average molecular weight is 1120 g/mol. The maximum Gasteiger partial charge on any atom is 0.306 e. The van der Waals surface area contributed by atoms with Gasteiger partial charge in [0.15, 0.2) is 6.10 Å². The fourth-order valence-electron chi connectivity index (χ4n) is 9.17. The van der Waals surface area contributed by atoms with Gasteiger partial charge in [-0.05, 0) is 116 Å². The van der Waals surface area contributed by atoms with Gasteiger partial charge in [0.1, 0.15) is 13.2 Å². The highest BCUT2D eigenvalue weighted by molar-refractivity contribution is 5.71. The third-order valence-electron chi connectivity index (χ3n) is 14.1. The van der Waals surface area contributed by atoms with Crippen LogP contribution in [-0.4, -0.2) is 37.2 Å². The summed E-state index contributed by atoms with van der Waals surface area (Å²) in [4.78, 5) is 38.2. The zero-order valence-corrected chi connectivity index (χ0v) is 52.8. The molecule has 0 spiro atoms. The number of unbranched alkanes of at least 4 members (excludes halogenated alkanes) is 27. The first-order valence-electron chi connectivity index (χ1n) is 33.7. The lowest BCUT2D eigenvalue weighted by Crippen LogP contribution is -2.30. The Balaban J connectivity index is 4.24. The lowest BCUT2D eigenvalue weighted by Gasteiger charge is -2.18. The second-order valence-electron chi connectivity index (χ2n) is 22.0. The fraction of sp³-hybridized carbons (Fsp3) is 0.667. The highest BCUT2D eigenvalue weighted by Crippen LogP contribution is 2.17. The Morgan fingerprint density at radius 3 is 0.864 bits per heavy atom. The number of rotatable bonds is 60. The van der Waals surface area contributed by atoms with Crippen molar-refractivity contribution in [3.8, 4) is 0 Å². The van der Waals surface area contributed by atoms with Gasteiger partial charge in [0.05, 0.1) is 0 Å². The van der Waals surface area contributed by atoms with Gasteiger partial charge in [-0.2, -0.15) is 0 Å². The van der Waals surface area contributed by atoms with Gasteiger partial charge < -0.3 is 14.2 Å². The molecule has 0 rings (SSSR count). The van der Waals surface area contributed by atoms with E-state index in [0.717, 1.165) is 89.9 Å². The number of carbonyl (C=O) groups is 3. The van der Waals surface area contributed by atoms with E-state index in [4.69, 9.17) is 14.2 Å². The Labute approximate surface area is 500 Å². The Morgan fingerprint density at radius 2 is 0.519 bits per heavy atom. The van der Waals surface area contributed by atoms with E-state index in [9.17, 15) is 14.4 Å². The molecule has 6 nitrogen and oxygen atoms in total. The van der Waals surface area contributed by atoms with E-state index < -0.39 is 6.10 Å². The number of esters is 3. The van der Waals surface area contributed by atoms with Crippen LogP contribution in [0.25, 0.3) is 0 Å². The van der Waals surface area contributed by atoms with E-state index >= 15 is 0 Å². The molecule has 0 aromatic carbocycles. The molecule has 0 amide bonds. The molecule has 0 bridgehead atoms. The summed E-state index contributed by atoms with van der Waals surface area (Å²) < 4.78 is 16.8. The zero-order chi connectivity index (χ0) is 58.5. The molecule has 6 heteroatoms. The van der Waals surface area contributed by atoms with Crippen molar-refractivity contribution in [2.75, 3.05) is 13.2 Å². The fourth-order valence-corrected chi connectivity index (χ4v) is 9.17. The first-order valence-corrected chi connectivity index (χ1v) is 33.7. The smallest absolute Gasteiger partial charge is 0.306 e. The molecule has 0 saturated carbocycles. The predicted molar refractivity (Wildman–Crippen MR) is 353 cm³/mol. The van der Waals surface area contributed by atoms with Crippen LogP contribution >= 0.6 is 0 Å². The molecule has 0 aromatic heterocycles. The quantitative estimate of drug-likeness (QED) is 0.0261. The molecular formula is C75H124O6. The minimum atomic E-state index is -0.841. The molecular weight excluding hydrogens is 997 g/mol. The second kappa shape index (κ2) is 68.1. The van der Waals surface area contributed by atoms with Crippen LogP contribution in [0.4, 0.5) is 0 Å². The molecule has 0 aliphatic carbocycles. The predicted octanol–water partition coefficient (Wildman–Crippen LogP) is 23.3. The minimum absolute atomic E-state index is 0.124. The first-order chi connectivity index (χ1) is 40.0. The normalized spacial score (nSPS) is 13.0. The van der Waals surface area contributed by atoms with E-state index in [1.54, 1.807) is 0 Å². The monoisotopic (exact) mass is 1120 g/mol. The van der Waals surface area contributed by atoms with Gasteiger partial charge >= 0.3 is 17.9 Å². The molecule has 1 unspecified atom stereocenters. The molecule has 0 heterocycles. The first kappa shape index (κ1) is 76.5. The van der Waals surface area contributed by atoms with Crippen LogP contribution in [0.1, 0.15) is 303 Å². The van der Waals surface area contributed by atoms with Crippen molar-refractivity contribution in [1.29, 1.82) is 0 Å². The molecule has 0 aliphatic rings. The van der Waals surface area contributed by atoms with E-state index in [0.29, 0.717) is 19.3 Å². The van der Waals surface area contributed by atoms with Crippen LogP contribution in [0.5, 0.6) is 0 Å². The van der Waals surface area contributed by atoms with Crippen molar-refractivity contribution in [3.05, 3.63) is 134 Å². The number of hydrogen-bond acceptors (Lipinski definition) is 6. The number of ether oxygens (including phenoxy) is 3. The Bertz CT molecular complexity index is 1720. The Morgan fingerprint density at radius 1 is 0.259 bits per heavy atom. The van der Waals surface area contributed by atoms with E-state index in [-0.39, 0.29) is 44.0 Å². The topological polar surface area (TPSA) is 78.9 Å². The minimum Gasteiger partial charge on any atom is -0.462 e. The lowest BCUT2D eigenvalue weighted by molar-refractivity contribution is -0.166. The molecule has 81 heavy (non-hydrogen) atoms. The van der Waals surface area contributed by atoms with Gasteiger partial charge in [-0.25, -0.2) is 0 Å². The largest absolute Gasteiger partial charge is 0.462 e. The standard InChI is InChI=1S/C75H124O6/c1-4-7-10-13-16-19-22-25-27-29-30-31-32-33-34-35-36-37-38-39-40-41-42-43-44-46-47-50-53-56-59-62-65-68-74(77)80-71-72(70-79-73(76)67-64-61-58-55-52-49-24-21-18-15-12-9-6-3)81-75(78)69-66-63-60-57-54-51-48-45-28-26-23-20-17-14-11-8-5-2/h8-9,11-12,17-18,20-22,25-26,28-30,48-49,51-52,57-58,60-61,72H,4-7,10,13-16,19,23-24,27,31-47,50,53-56,59,62-71H2,1-3H3/b11-8-,12-9-,20-17-,21-18-,25-22-,28-26-,30-29-,51-48-,52-49-,60-57-,61-58-. The van der Waals surface area contributed by atoms with Crippen molar-refractivity contribution in [2.45, 2.75) is 309 Å². The summed E-state index contributed by atoms with van der Waals surface area (Å²) in [5.41, 5.74) is 0. The van der Waals surface area contributed by atoms with E-state index in [1.807, 2.05) is 12.2 Å². The SMILES string of the molecule is CC/C=C\C/C=C\C/C=C\C/C=C\C/C=C\CCCC(=O)OC(COC(=O)CC/C=C\C/C=C\C/C=C\C/C=C\CC)COC(=O)CCCCCCCCCCCCCCCCCCCCCCC/C=C\C/C=C\CCCCCCC. The highest BCUT2D eigenvalue weighted by atomic mass is 16.6. The van der Waals surface area contributed by atoms with Gasteiger partial charge in [0, 0.05) is 19.3 Å². The summed E-state index contributed by atoms with van der Waals surface area (Å²) in [6.45, 7) is 6.30. The third-order valence-corrected chi connectivity index (χ3v) is 14.1. The maximum atomic E-state index is 12.9. The zero-order valence-electron chi connectivity index (χ0n) is 52.8. The molecule has 1 atom stereocenters. The molecule has 0 N–H and O–H groups in total. The van der Waals surface area contributed by atoms with Crippen molar-refractivity contribution >= 4 is 17.9 Å². The van der Waals surface area contributed by atoms with Gasteiger partial charge in [0.25, 0.3) is 0 Å². The van der Waals surface area contributed by atoms with Gasteiger partial charge in [-0.3, -0.25) is 14.4 Å². The van der Waals surface area contributed by atoms with E-state index in [2.05, 4.69) is 142 Å². The van der Waals surface area contributed by atoms with Crippen LogP contribution in [0.2, 0.25) is 0 Å². The Hall–Kier alpha value is -4.45. The summed E-state index contributed by atoms with van der Waals surface area (Å²) in [5.74, 6) is -1.07. The van der Waals surface area contributed by atoms with Crippen LogP contribution in [-0.2, 0) is 28.6 Å². The molecule has 460 valence electrons. The molecule has 0 aromatic rings. The summed E-state index contributed by atoms with van der Waals surface area (Å²) in [5, 5.41) is 0. The second-order valence-corrected chi connectivity index (χ2v) is 22.0. The van der Waals surface area contributed by atoms with Crippen molar-refractivity contribution in [3.63, 3.8) is 0 Å². The number of allylic oxidation sites excluding steroid dienone is 22. The lowest BCUT2D eigenvalue weighted by atomic mass is 10.0. The third kappa shape index (κ3) is 66.2. The van der Waals surface area contributed by atoms with Gasteiger partial charge in [-0.1, -0.05) is 302 Å². The molecule has 0 saturated heterocycles. The van der Waals surface area contributed by atoms with Crippen LogP contribution in [0.15, 0.2) is 134 Å². The van der Waals surface area contributed by atoms with Crippen LogP contribution in [0.3, 0.4) is 0 Å². The molecule has 0 aliphatic heterocycles. The van der Waals surface area contributed by atoms with Crippen LogP contribution in [0, 0.1) is 0 Å². The summed E-state index contributed by atoms with van der Waals surface area (Å²) >= 11 is 0. The van der Waals surface area contributed by atoms with Crippen LogP contribution < -0.4 is 0 Å². The number of carbonyl (C=O) groups excluding carboxylic acids is 3. The molecule has 0 fully saturated rings. The summed E-state index contributed by atoms with van der Waals surface area (Å²) in [6.07, 6.45) is 96.6.